The summed E-state index contributed by atoms with van der Waals surface area (Å²) < 4.78 is 5.93. The van der Waals surface area contributed by atoms with Gasteiger partial charge >= 0.3 is 0 Å². The van der Waals surface area contributed by atoms with E-state index in [2.05, 4.69) is 10.6 Å². The molecule has 118 valence electrons. The summed E-state index contributed by atoms with van der Waals surface area (Å²) in [6, 6.07) is 7.64. The Morgan fingerprint density at radius 1 is 1.36 bits per heavy atom. The molecule has 3 rings (SSSR count). The van der Waals surface area contributed by atoms with E-state index in [0.717, 1.165) is 11.3 Å². The second-order valence-corrected chi connectivity index (χ2v) is 7.39. The van der Waals surface area contributed by atoms with Crippen molar-refractivity contribution in [3.05, 3.63) is 29.8 Å². The van der Waals surface area contributed by atoms with Crippen LogP contribution in [0.25, 0.3) is 0 Å². The molecule has 5 nitrogen and oxygen atoms in total. The first kappa shape index (κ1) is 14.9. The molecule has 2 N–H and O–H groups in total. The molecule has 1 fully saturated rings. The summed E-state index contributed by atoms with van der Waals surface area (Å²) in [7, 11) is 0. The van der Waals surface area contributed by atoms with Gasteiger partial charge in [0.15, 0.2) is 5.72 Å². The Bertz CT molecular complexity index is 635. The van der Waals surface area contributed by atoms with Gasteiger partial charge in [-0.05, 0) is 39.3 Å². The quantitative estimate of drug-likeness (QED) is 0.779. The van der Waals surface area contributed by atoms with Crippen molar-refractivity contribution in [1.29, 1.82) is 0 Å². The highest BCUT2D eigenvalue weighted by molar-refractivity contribution is 6.02. The highest BCUT2D eigenvalue weighted by atomic mass is 16.5. The third kappa shape index (κ3) is 2.56. The largest absolute Gasteiger partial charge is 0.468 e. The van der Waals surface area contributed by atoms with Crippen molar-refractivity contribution in [2.45, 2.75) is 51.3 Å². The van der Waals surface area contributed by atoms with Crippen LogP contribution in [0.5, 0.6) is 5.75 Å². The van der Waals surface area contributed by atoms with Crippen molar-refractivity contribution in [3.8, 4) is 5.75 Å². The predicted octanol–water partition coefficient (Wildman–Crippen LogP) is 1.93. The van der Waals surface area contributed by atoms with E-state index in [9.17, 15) is 9.59 Å². The molecular weight excluding hydrogens is 280 g/mol. The van der Waals surface area contributed by atoms with E-state index < -0.39 is 11.6 Å². The minimum Gasteiger partial charge on any atom is -0.468 e. The fraction of sp³-hybridized carbons (Fsp3) is 0.529. The van der Waals surface area contributed by atoms with E-state index in [0.29, 0.717) is 6.42 Å². The zero-order valence-electron chi connectivity index (χ0n) is 13.4. The van der Waals surface area contributed by atoms with Crippen LogP contribution in [0, 0.1) is 5.92 Å². The SMILES string of the molecule is CC(C)(C)NC(=O)[C@@H]1C(=O)N[C@@]2(C)C[C@@H]1c1ccccc1O2. The van der Waals surface area contributed by atoms with Crippen LogP contribution in [0.3, 0.4) is 0 Å². The third-order valence-corrected chi connectivity index (χ3v) is 4.12. The average molecular weight is 302 g/mol. The number of para-hydroxylation sites is 1. The van der Waals surface area contributed by atoms with Crippen LogP contribution >= 0.6 is 0 Å². The van der Waals surface area contributed by atoms with Gasteiger partial charge < -0.3 is 15.4 Å². The monoisotopic (exact) mass is 302 g/mol. The molecule has 2 amide bonds. The lowest BCUT2D eigenvalue weighted by Crippen LogP contribution is -2.63. The summed E-state index contributed by atoms with van der Waals surface area (Å²) in [4.78, 5) is 25.1. The summed E-state index contributed by atoms with van der Waals surface area (Å²) in [5.74, 6) is -0.637. The smallest absolute Gasteiger partial charge is 0.236 e. The first-order chi connectivity index (χ1) is 10.2. The number of carbonyl (C=O) groups is 2. The molecular formula is C17H22N2O3. The van der Waals surface area contributed by atoms with Crippen LogP contribution in [0.1, 0.15) is 45.6 Å². The standard InChI is InChI=1S/C17H22N2O3/c1-16(2,3)18-14(20)13-11-9-17(4,19-15(13)21)22-12-8-6-5-7-10(11)12/h5-8,11,13H,9H2,1-4H3,(H,18,20)(H,19,21)/t11-,13-,17-/m1/s1. The Morgan fingerprint density at radius 2 is 2.05 bits per heavy atom. The van der Waals surface area contributed by atoms with E-state index in [1.165, 1.54) is 0 Å². The molecule has 22 heavy (non-hydrogen) atoms. The van der Waals surface area contributed by atoms with Crippen molar-refractivity contribution in [3.63, 3.8) is 0 Å². The lowest BCUT2D eigenvalue weighted by molar-refractivity contribution is -0.147. The van der Waals surface area contributed by atoms with Gasteiger partial charge in [0.25, 0.3) is 0 Å². The van der Waals surface area contributed by atoms with Crippen molar-refractivity contribution >= 4 is 11.8 Å². The summed E-state index contributed by atoms with van der Waals surface area (Å²) in [6.07, 6.45) is 0.595. The fourth-order valence-corrected chi connectivity index (χ4v) is 3.34. The second kappa shape index (κ2) is 4.73. The molecule has 2 bridgehead atoms. The lowest BCUT2D eigenvalue weighted by atomic mass is 9.74. The van der Waals surface area contributed by atoms with E-state index in [4.69, 9.17) is 4.74 Å². The summed E-state index contributed by atoms with van der Waals surface area (Å²) >= 11 is 0. The van der Waals surface area contributed by atoms with Crippen molar-refractivity contribution in [2.75, 3.05) is 0 Å². The van der Waals surface area contributed by atoms with E-state index in [1.54, 1.807) is 0 Å². The van der Waals surface area contributed by atoms with Crippen LogP contribution in [0.4, 0.5) is 0 Å². The van der Waals surface area contributed by atoms with E-state index >= 15 is 0 Å². The molecule has 1 aromatic carbocycles. The minimum absolute atomic E-state index is 0.161. The molecule has 0 saturated carbocycles. The maximum Gasteiger partial charge on any atom is 0.236 e. The van der Waals surface area contributed by atoms with Gasteiger partial charge in [0, 0.05) is 17.9 Å². The number of rotatable bonds is 1. The van der Waals surface area contributed by atoms with Gasteiger partial charge in [-0.1, -0.05) is 18.2 Å². The average Bonchev–Trinajstić information content (AvgIpc) is 2.34. The zero-order valence-corrected chi connectivity index (χ0v) is 13.4. The number of piperidine rings is 1. The van der Waals surface area contributed by atoms with Crippen LogP contribution < -0.4 is 15.4 Å². The number of benzene rings is 1. The molecule has 5 heteroatoms. The van der Waals surface area contributed by atoms with Crippen LogP contribution in [0.2, 0.25) is 0 Å². The number of carbonyl (C=O) groups excluding carboxylic acids is 2. The van der Waals surface area contributed by atoms with Crippen LogP contribution in [-0.4, -0.2) is 23.1 Å². The van der Waals surface area contributed by atoms with Crippen molar-refractivity contribution in [1.82, 2.24) is 10.6 Å². The molecule has 1 saturated heterocycles. The van der Waals surface area contributed by atoms with Crippen molar-refractivity contribution in [2.24, 2.45) is 5.92 Å². The normalized spacial score (nSPS) is 29.9. The number of hydrogen-bond acceptors (Lipinski definition) is 3. The summed E-state index contributed by atoms with van der Waals surface area (Å²) in [5.41, 5.74) is -0.180. The second-order valence-electron chi connectivity index (χ2n) is 7.39. The minimum atomic E-state index is -0.741. The number of amides is 2. The topological polar surface area (TPSA) is 67.4 Å². The van der Waals surface area contributed by atoms with Gasteiger partial charge in [-0.25, -0.2) is 0 Å². The van der Waals surface area contributed by atoms with E-state index in [-0.39, 0.29) is 23.3 Å². The highest BCUT2D eigenvalue weighted by Crippen LogP contribution is 2.46. The van der Waals surface area contributed by atoms with E-state index in [1.807, 2.05) is 52.0 Å². The van der Waals surface area contributed by atoms with Gasteiger partial charge in [0.1, 0.15) is 11.7 Å². The molecule has 0 aromatic heterocycles. The Kier molecular flexibility index (Phi) is 3.20. The van der Waals surface area contributed by atoms with Gasteiger partial charge in [-0.15, -0.1) is 0 Å². The Hall–Kier alpha value is -2.04. The Balaban J connectivity index is 1.99. The predicted molar refractivity (Wildman–Crippen MR) is 82.4 cm³/mol. The number of fused-ring (bicyclic) bond motifs is 4. The number of nitrogens with one attached hydrogen (secondary N) is 2. The maximum absolute atomic E-state index is 12.6. The van der Waals surface area contributed by atoms with Gasteiger partial charge in [-0.2, -0.15) is 0 Å². The molecule has 2 aliphatic rings. The molecule has 0 aliphatic carbocycles. The first-order valence-electron chi connectivity index (χ1n) is 7.61. The van der Waals surface area contributed by atoms with Crippen LogP contribution in [0.15, 0.2) is 24.3 Å². The maximum atomic E-state index is 12.6. The molecule has 1 aromatic rings. The molecule has 3 atom stereocenters. The number of ether oxygens (including phenoxy) is 1. The van der Waals surface area contributed by atoms with Gasteiger partial charge in [-0.3, -0.25) is 9.59 Å². The fourth-order valence-electron chi connectivity index (χ4n) is 3.34. The Morgan fingerprint density at radius 3 is 2.73 bits per heavy atom. The summed E-state index contributed by atoms with van der Waals surface area (Å²) in [6.45, 7) is 7.58. The number of hydrogen-bond donors (Lipinski definition) is 2. The van der Waals surface area contributed by atoms with Gasteiger partial charge in [0.05, 0.1) is 0 Å². The van der Waals surface area contributed by atoms with Crippen molar-refractivity contribution < 1.29 is 14.3 Å². The molecule has 2 heterocycles. The first-order valence-corrected chi connectivity index (χ1v) is 7.61. The zero-order chi connectivity index (χ0) is 16.1. The summed E-state index contributed by atoms with van der Waals surface area (Å²) in [5, 5.41) is 5.78. The molecule has 0 spiro atoms. The highest BCUT2D eigenvalue weighted by Gasteiger charge is 2.51. The van der Waals surface area contributed by atoms with Crippen LogP contribution in [-0.2, 0) is 9.59 Å². The van der Waals surface area contributed by atoms with Gasteiger partial charge in [0.2, 0.25) is 11.8 Å². The lowest BCUT2D eigenvalue weighted by Gasteiger charge is -2.47. The molecule has 0 radical (unpaired) electrons. The Labute approximate surface area is 130 Å². The third-order valence-electron chi connectivity index (χ3n) is 4.12. The molecule has 0 unspecified atom stereocenters. The molecule has 2 aliphatic heterocycles.